The summed E-state index contributed by atoms with van der Waals surface area (Å²) in [6, 6.07) is 18.7. The molecule has 2 aromatic carbocycles. The number of hydrogen-bond donors (Lipinski definition) is 0. The van der Waals surface area contributed by atoms with Gasteiger partial charge in [0.05, 0.1) is 17.6 Å². The van der Waals surface area contributed by atoms with Crippen LogP contribution in [0.5, 0.6) is 0 Å². The normalized spacial score (nSPS) is 14.5. The Morgan fingerprint density at radius 3 is 2.42 bits per heavy atom. The molecule has 0 amide bonds. The Bertz CT molecular complexity index is 1020. The lowest BCUT2D eigenvalue weighted by Gasteiger charge is -2.33. The predicted molar refractivity (Wildman–Crippen MR) is 120 cm³/mol. The van der Waals surface area contributed by atoms with Crippen molar-refractivity contribution in [2.75, 3.05) is 18.0 Å². The minimum atomic E-state index is -0.400. The Balaban J connectivity index is 1.43. The molecule has 2 heterocycles. The molecule has 0 atom stereocenters. The molecule has 0 radical (unpaired) electrons. The zero-order chi connectivity index (χ0) is 21.6. The molecular formula is C24H26N4O3. The van der Waals surface area contributed by atoms with Crippen LogP contribution in [0.25, 0.3) is 11.4 Å². The SMILES string of the molecule is CCc1cc(N2CCC(OCc3ccccc3)CC2)nc(-c2ccc([N+](=O)[O-])cc2)n1. The second kappa shape index (κ2) is 9.66. The molecule has 1 aliphatic heterocycles. The predicted octanol–water partition coefficient (Wildman–Crippen LogP) is 4.80. The third-order valence-electron chi connectivity index (χ3n) is 5.56. The van der Waals surface area contributed by atoms with E-state index in [2.05, 4.69) is 28.9 Å². The highest BCUT2D eigenvalue weighted by Gasteiger charge is 2.22. The number of ether oxygens (including phenoxy) is 1. The van der Waals surface area contributed by atoms with E-state index in [-0.39, 0.29) is 11.8 Å². The van der Waals surface area contributed by atoms with Crippen molar-refractivity contribution in [3.8, 4) is 11.4 Å². The van der Waals surface area contributed by atoms with E-state index in [0.29, 0.717) is 12.4 Å². The van der Waals surface area contributed by atoms with Gasteiger partial charge in [0.15, 0.2) is 5.82 Å². The monoisotopic (exact) mass is 418 g/mol. The molecule has 3 aromatic rings. The highest BCUT2D eigenvalue weighted by molar-refractivity contribution is 5.60. The average molecular weight is 418 g/mol. The summed E-state index contributed by atoms with van der Waals surface area (Å²) in [5, 5.41) is 10.9. The maximum atomic E-state index is 10.9. The molecular weight excluding hydrogens is 392 g/mol. The van der Waals surface area contributed by atoms with Crippen molar-refractivity contribution in [3.05, 3.63) is 82.0 Å². The Labute approximate surface area is 181 Å². The minimum Gasteiger partial charge on any atom is -0.373 e. The molecule has 7 nitrogen and oxygen atoms in total. The minimum absolute atomic E-state index is 0.0631. The fourth-order valence-corrected chi connectivity index (χ4v) is 3.73. The van der Waals surface area contributed by atoms with E-state index in [1.165, 1.54) is 17.7 Å². The lowest BCUT2D eigenvalue weighted by Crippen LogP contribution is -2.37. The summed E-state index contributed by atoms with van der Waals surface area (Å²) in [7, 11) is 0. The van der Waals surface area contributed by atoms with Crippen molar-refractivity contribution in [1.82, 2.24) is 9.97 Å². The number of aromatic nitrogens is 2. The molecule has 0 saturated carbocycles. The Morgan fingerprint density at radius 1 is 1.06 bits per heavy atom. The number of nitro groups is 1. The van der Waals surface area contributed by atoms with Gasteiger partial charge in [-0.15, -0.1) is 0 Å². The summed E-state index contributed by atoms with van der Waals surface area (Å²) in [6.07, 6.45) is 2.95. The van der Waals surface area contributed by atoms with E-state index < -0.39 is 4.92 Å². The largest absolute Gasteiger partial charge is 0.373 e. The Kier molecular flexibility index (Phi) is 6.52. The fraction of sp³-hybridized carbons (Fsp3) is 0.333. The van der Waals surface area contributed by atoms with E-state index in [9.17, 15) is 10.1 Å². The van der Waals surface area contributed by atoms with Crippen LogP contribution in [-0.2, 0) is 17.8 Å². The molecule has 160 valence electrons. The van der Waals surface area contributed by atoms with Crippen molar-refractivity contribution in [2.45, 2.75) is 38.9 Å². The van der Waals surface area contributed by atoms with Crippen LogP contribution in [0.2, 0.25) is 0 Å². The third kappa shape index (κ3) is 5.24. The summed E-state index contributed by atoms with van der Waals surface area (Å²) in [4.78, 5) is 22.2. The summed E-state index contributed by atoms with van der Waals surface area (Å²) in [6.45, 7) is 4.46. The third-order valence-corrected chi connectivity index (χ3v) is 5.56. The highest BCUT2D eigenvalue weighted by Crippen LogP contribution is 2.25. The summed E-state index contributed by atoms with van der Waals surface area (Å²) >= 11 is 0. The smallest absolute Gasteiger partial charge is 0.269 e. The summed E-state index contributed by atoms with van der Waals surface area (Å²) < 4.78 is 6.11. The standard InChI is InChI=1S/C24H26N4O3/c1-2-20-16-23(26-24(25-20)19-8-10-21(11-9-19)28(29)30)27-14-12-22(13-15-27)31-17-18-6-4-3-5-7-18/h3-11,16,22H,2,12-15,17H2,1H3. The highest BCUT2D eigenvalue weighted by atomic mass is 16.6. The first-order valence-electron chi connectivity index (χ1n) is 10.7. The first kappa shape index (κ1) is 20.9. The van der Waals surface area contributed by atoms with Gasteiger partial charge in [0.1, 0.15) is 5.82 Å². The van der Waals surface area contributed by atoms with Crippen LogP contribution in [0.3, 0.4) is 0 Å². The van der Waals surface area contributed by atoms with Crippen molar-refractivity contribution >= 4 is 11.5 Å². The summed E-state index contributed by atoms with van der Waals surface area (Å²) in [5.74, 6) is 1.51. The first-order valence-corrected chi connectivity index (χ1v) is 10.7. The zero-order valence-corrected chi connectivity index (χ0v) is 17.6. The molecule has 31 heavy (non-hydrogen) atoms. The number of non-ortho nitro benzene ring substituents is 1. The van der Waals surface area contributed by atoms with Gasteiger partial charge in [0.25, 0.3) is 5.69 Å². The maximum absolute atomic E-state index is 10.9. The lowest BCUT2D eigenvalue weighted by atomic mass is 10.1. The number of aryl methyl sites for hydroxylation is 1. The van der Waals surface area contributed by atoms with Crippen LogP contribution in [0.1, 0.15) is 31.0 Å². The number of piperidine rings is 1. The van der Waals surface area contributed by atoms with Gasteiger partial charge in [-0.25, -0.2) is 9.97 Å². The lowest BCUT2D eigenvalue weighted by molar-refractivity contribution is -0.384. The van der Waals surface area contributed by atoms with Gasteiger partial charge >= 0.3 is 0 Å². The first-order chi connectivity index (χ1) is 15.1. The maximum Gasteiger partial charge on any atom is 0.269 e. The second-order valence-corrected chi connectivity index (χ2v) is 7.68. The van der Waals surface area contributed by atoms with Crippen LogP contribution in [-0.4, -0.2) is 34.1 Å². The van der Waals surface area contributed by atoms with Crippen molar-refractivity contribution < 1.29 is 9.66 Å². The number of rotatable bonds is 7. The molecule has 1 aliphatic rings. The van der Waals surface area contributed by atoms with Gasteiger partial charge < -0.3 is 9.64 Å². The molecule has 1 saturated heterocycles. The van der Waals surface area contributed by atoms with Gasteiger partial charge in [0.2, 0.25) is 0 Å². The van der Waals surface area contributed by atoms with Gasteiger partial charge in [-0.05, 0) is 37.0 Å². The van der Waals surface area contributed by atoms with Gasteiger partial charge in [-0.3, -0.25) is 10.1 Å². The molecule has 1 fully saturated rings. The van der Waals surface area contributed by atoms with Gasteiger partial charge in [-0.1, -0.05) is 37.3 Å². The summed E-state index contributed by atoms with van der Waals surface area (Å²) in [5.41, 5.74) is 3.00. The fourth-order valence-electron chi connectivity index (χ4n) is 3.73. The van der Waals surface area contributed by atoms with Crippen molar-refractivity contribution in [3.63, 3.8) is 0 Å². The molecule has 7 heteroatoms. The van der Waals surface area contributed by atoms with Gasteiger partial charge in [0, 0.05) is 42.5 Å². The molecule has 0 aliphatic carbocycles. The Hall–Kier alpha value is -3.32. The number of hydrogen-bond acceptors (Lipinski definition) is 6. The molecule has 4 rings (SSSR count). The van der Waals surface area contributed by atoms with Gasteiger partial charge in [-0.2, -0.15) is 0 Å². The number of anilines is 1. The molecule has 1 aromatic heterocycles. The number of nitrogens with zero attached hydrogens (tertiary/aromatic N) is 4. The quantitative estimate of drug-likeness (QED) is 0.405. The van der Waals surface area contributed by atoms with E-state index >= 15 is 0 Å². The van der Waals surface area contributed by atoms with Crippen LogP contribution >= 0.6 is 0 Å². The average Bonchev–Trinajstić information content (AvgIpc) is 2.83. The van der Waals surface area contributed by atoms with Crippen LogP contribution in [0, 0.1) is 10.1 Å². The van der Waals surface area contributed by atoms with E-state index in [0.717, 1.165) is 49.4 Å². The van der Waals surface area contributed by atoms with E-state index in [1.807, 2.05) is 24.3 Å². The van der Waals surface area contributed by atoms with Crippen LogP contribution < -0.4 is 4.90 Å². The topological polar surface area (TPSA) is 81.4 Å². The molecule has 0 unspecified atom stereocenters. The van der Waals surface area contributed by atoms with E-state index in [1.54, 1.807) is 12.1 Å². The van der Waals surface area contributed by atoms with Crippen LogP contribution in [0.15, 0.2) is 60.7 Å². The van der Waals surface area contributed by atoms with Crippen molar-refractivity contribution in [1.29, 1.82) is 0 Å². The zero-order valence-electron chi connectivity index (χ0n) is 17.6. The number of benzene rings is 2. The Morgan fingerprint density at radius 2 is 1.77 bits per heavy atom. The van der Waals surface area contributed by atoms with Crippen LogP contribution in [0.4, 0.5) is 11.5 Å². The van der Waals surface area contributed by atoms with E-state index in [4.69, 9.17) is 9.72 Å². The molecule has 0 spiro atoms. The molecule has 0 N–H and O–H groups in total. The second-order valence-electron chi connectivity index (χ2n) is 7.68. The number of nitro benzene ring substituents is 1. The molecule has 0 bridgehead atoms. The van der Waals surface area contributed by atoms with Crippen molar-refractivity contribution in [2.24, 2.45) is 0 Å².